The molecular formula is C14H31N3O. The Bertz CT molecular complexity index is 225. The molecule has 1 heterocycles. The van der Waals surface area contributed by atoms with Gasteiger partial charge in [0.05, 0.1) is 0 Å². The van der Waals surface area contributed by atoms with Crippen LogP contribution in [0.5, 0.6) is 0 Å². The average molecular weight is 257 g/mol. The Morgan fingerprint density at radius 3 is 2.72 bits per heavy atom. The first kappa shape index (κ1) is 15.9. The Labute approximate surface area is 112 Å². The lowest BCUT2D eigenvalue weighted by atomic mass is 9.88. The third-order valence-corrected chi connectivity index (χ3v) is 4.49. The normalized spacial score (nSPS) is 26.5. The van der Waals surface area contributed by atoms with Crippen molar-refractivity contribution >= 4 is 0 Å². The summed E-state index contributed by atoms with van der Waals surface area (Å²) in [5.74, 6) is 0. The number of hydrogen-bond acceptors (Lipinski definition) is 4. The van der Waals surface area contributed by atoms with E-state index in [-0.39, 0.29) is 5.54 Å². The number of ether oxygens (including phenoxy) is 1. The SMILES string of the molecule is CCN1CCCC(CN)(N(C)CCCOC)CC1. The van der Waals surface area contributed by atoms with Crippen molar-refractivity contribution in [3.05, 3.63) is 0 Å². The van der Waals surface area contributed by atoms with Crippen LogP contribution in [-0.4, -0.2) is 68.8 Å². The maximum Gasteiger partial charge on any atom is 0.0474 e. The van der Waals surface area contributed by atoms with Crippen molar-refractivity contribution in [1.82, 2.24) is 9.80 Å². The highest BCUT2D eigenvalue weighted by atomic mass is 16.5. The van der Waals surface area contributed by atoms with Gasteiger partial charge >= 0.3 is 0 Å². The first-order valence-corrected chi connectivity index (χ1v) is 7.31. The van der Waals surface area contributed by atoms with Gasteiger partial charge < -0.3 is 15.4 Å². The molecule has 0 aliphatic carbocycles. The van der Waals surface area contributed by atoms with Gasteiger partial charge in [-0.25, -0.2) is 0 Å². The zero-order valence-corrected chi connectivity index (χ0v) is 12.5. The first-order chi connectivity index (χ1) is 8.68. The van der Waals surface area contributed by atoms with Crippen LogP contribution in [0.3, 0.4) is 0 Å². The Balaban J connectivity index is 2.54. The van der Waals surface area contributed by atoms with E-state index in [0.717, 1.165) is 32.7 Å². The second-order valence-corrected chi connectivity index (χ2v) is 5.48. The Morgan fingerprint density at radius 2 is 2.11 bits per heavy atom. The molecule has 0 spiro atoms. The van der Waals surface area contributed by atoms with Crippen LogP contribution < -0.4 is 5.73 Å². The molecule has 0 amide bonds. The Hall–Kier alpha value is -0.160. The van der Waals surface area contributed by atoms with E-state index in [1.807, 2.05) is 0 Å². The lowest BCUT2D eigenvalue weighted by Crippen LogP contribution is -2.53. The third-order valence-electron chi connectivity index (χ3n) is 4.49. The predicted octanol–water partition coefficient (Wildman–Crippen LogP) is 1.16. The van der Waals surface area contributed by atoms with Crippen LogP contribution in [0.15, 0.2) is 0 Å². The molecule has 1 rings (SSSR count). The summed E-state index contributed by atoms with van der Waals surface area (Å²) in [6.07, 6.45) is 4.77. The number of methoxy groups -OCH3 is 1. The highest BCUT2D eigenvalue weighted by Crippen LogP contribution is 2.27. The molecule has 1 aliphatic rings. The molecular weight excluding hydrogens is 226 g/mol. The van der Waals surface area contributed by atoms with Gasteiger partial charge in [0.1, 0.15) is 0 Å². The highest BCUT2D eigenvalue weighted by Gasteiger charge is 2.34. The van der Waals surface area contributed by atoms with Crippen LogP contribution >= 0.6 is 0 Å². The van der Waals surface area contributed by atoms with Gasteiger partial charge in [0.15, 0.2) is 0 Å². The topological polar surface area (TPSA) is 41.7 Å². The maximum absolute atomic E-state index is 6.11. The quantitative estimate of drug-likeness (QED) is 0.695. The minimum Gasteiger partial charge on any atom is -0.385 e. The van der Waals surface area contributed by atoms with Gasteiger partial charge in [-0.2, -0.15) is 0 Å². The summed E-state index contributed by atoms with van der Waals surface area (Å²) >= 11 is 0. The Kier molecular flexibility index (Phi) is 7.15. The minimum atomic E-state index is 0.206. The fraction of sp³-hybridized carbons (Fsp3) is 1.00. The molecule has 0 aromatic heterocycles. The average Bonchev–Trinajstić information content (AvgIpc) is 2.61. The Morgan fingerprint density at radius 1 is 1.33 bits per heavy atom. The molecule has 1 atom stereocenters. The fourth-order valence-corrected chi connectivity index (χ4v) is 2.98. The van der Waals surface area contributed by atoms with Crippen LogP contribution in [0.2, 0.25) is 0 Å². The van der Waals surface area contributed by atoms with Gasteiger partial charge in [0.2, 0.25) is 0 Å². The number of likely N-dealkylation sites (tertiary alicyclic amines) is 1. The highest BCUT2D eigenvalue weighted by molar-refractivity contribution is 4.93. The molecule has 4 heteroatoms. The van der Waals surface area contributed by atoms with Gasteiger partial charge in [-0.15, -0.1) is 0 Å². The number of hydrogen-bond donors (Lipinski definition) is 1. The molecule has 0 aromatic rings. The van der Waals surface area contributed by atoms with Crippen molar-refractivity contribution in [2.45, 2.75) is 38.1 Å². The summed E-state index contributed by atoms with van der Waals surface area (Å²) in [5.41, 5.74) is 6.31. The molecule has 1 saturated heterocycles. The first-order valence-electron chi connectivity index (χ1n) is 7.31. The minimum absolute atomic E-state index is 0.206. The number of nitrogens with two attached hydrogens (primary N) is 1. The lowest BCUT2D eigenvalue weighted by Gasteiger charge is -2.41. The van der Waals surface area contributed by atoms with Crippen molar-refractivity contribution in [3.63, 3.8) is 0 Å². The van der Waals surface area contributed by atoms with E-state index in [1.165, 1.54) is 32.4 Å². The largest absolute Gasteiger partial charge is 0.385 e. The molecule has 108 valence electrons. The van der Waals surface area contributed by atoms with Crippen molar-refractivity contribution in [3.8, 4) is 0 Å². The number of likely N-dealkylation sites (N-methyl/N-ethyl adjacent to an activating group) is 1. The van der Waals surface area contributed by atoms with Gasteiger partial charge in [0.25, 0.3) is 0 Å². The number of rotatable bonds is 7. The predicted molar refractivity (Wildman–Crippen MR) is 76.9 cm³/mol. The summed E-state index contributed by atoms with van der Waals surface area (Å²) in [6, 6.07) is 0. The lowest BCUT2D eigenvalue weighted by molar-refractivity contribution is 0.0921. The molecule has 0 aromatic carbocycles. The van der Waals surface area contributed by atoms with Crippen molar-refractivity contribution < 1.29 is 4.74 Å². The van der Waals surface area contributed by atoms with E-state index in [4.69, 9.17) is 10.5 Å². The van der Waals surface area contributed by atoms with Gasteiger partial charge in [-0.3, -0.25) is 4.90 Å². The van der Waals surface area contributed by atoms with Crippen LogP contribution in [0.1, 0.15) is 32.6 Å². The van der Waals surface area contributed by atoms with Gasteiger partial charge in [0, 0.05) is 32.3 Å². The maximum atomic E-state index is 6.11. The molecule has 0 saturated carbocycles. The summed E-state index contributed by atoms with van der Waals surface area (Å²) in [7, 11) is 3.99. The summed E-state index contributed by atoms with van der Waals surface area (Å²) in [4.78, 5) is 5.02. The summed E-state index contributed by atoms with van der Waals surface area (Å²) in [6.45, 7) is 8.51. The van der Waals surface area contributed by atoms with Crippen LogP contribution in [0.4, 0.5) is 0 Å². The molecule has 1 unspecified atom stereocenters. The standard InChI is InChI=1S/C14H31N3O/c1-4-17-10-5-7-14(13-15,8-11-17)16(2)9-6-12-18-3/h4-13,15H2,1-3H3. The van der Waals surface area contributed by atoms with E-state index >= 15 is 0 Å². The van der Waals surface area contributed by atoms with Crippen molar-refractivity contribution in [1.29, 1.82) is 0 Å². The van der Waals surface area contributed by atoms with Crippen LogP contribution in [0.25, 0.3) is 0 Å². The van der Waals surface area contributed by atoms with Gasteiger partial charge in [-0.1, -0.05) is 6.92 Å². The van der Waals surface area contributed by atoms with E-state index in [1.54, 1.807) is 7.11 Å². The number of nitrogens with zero attached hydrogens (tertiary/aromatic N) is 2. The van der Waals surface area contributed by atoms with Gasteiger partial charge in [-0.05, 0) is 52.4 Å². The molecule has 18 heavy (non-hydrogen) atoms. The summed E-state index contributed by atoms with van der Waals surface area (Å²) in [5, 5.41) is 0. The van der Waals surface area contributed by atoms with Crippen molar-refractivity contribution in [2.24, 2.45) is 5.73 Å². The molecule has 2 N–H and O–H groups in total. The fourth-order valence-electron chi connectivity index (χ4n) is 2.98. The van der Waals surface area contributed by atoms with Crippen molar-refractivity contribution in [2.75, 3.05) is 53.5 Å². The molecule has 4 nitrogen and oxygen atoms in total. The molecule has 0 bridgehead atoms. The van der Waals surface area contributed by atoms with E-state index in [2.05, 4.69) is 23.8 Å². The van der Waals surface area contributed by atoms with Crippen LogP contribution in [-0.2, 0) is 4.74 Å². The molecule has 0 radical (unpaired) electrons. The van der Waals surface area contributed by atoms with E-state index in [0.29, 0.717) is 0 Å². The smallest absolute Gasteiger partial charge is 0.0474 e. The van der Waals surface area contributed by atoms with E-state index in [9.17, 15) is 0 Å². The van der Waals surface area contributed by atoms with Crippen LogP contribution in [0, 0.1) is 0 Å². The second kappa shape index (κ2) is 8.10. The zero-order chi connectivity index (χ0) is 13.4. The summed E-state index contributed by atoms with van der Waals surface area (Å²) < 4.78 is 5.14. The third kappa shape index (κ3) is 4.19. The van der Waals surface area contributed by atoms with E-state index < -0.39 is 0 Å². The molecule has 1 fully saturated rings. The zero-order valence-electron chi connectivity index (χ0n) is 12.5. The molecule has 1 aliphatic heterocycles. The second-order valence-electron chi connectivity index (χ2n) is 5.48. The monoisotopic (exact) mass is 257 g/mol.